The Bertz CT molecular complexity index is 846. The zero-order valence-electron chi connectivity index (χ0n) is 11.8. The summed E-state index contributed by atoms with van der Waals surface area (Å²) in [7, 11) is 0. The summed E-state index contributed by atoms with van der Waals surface area (Å²) in [5, 5.41) is 10.7. The first kappa shape index (κ1) is 14.9. The van der Waals surface area contributed by atoms with Crippen LogP contribution in [0.3, 0.4) is 0 Å². The van der Waals surface area contributed by atoms with Gasteiger partial charge in [0.15, 0.2) is 0 Å². The molecule has 23 heavy (non-hydrogen) atoms. The van der Waals surface area contributed by atoms with Crippen molar-refractivity contribution in [2.75, 3.05) is 5.32 Å². The van der Waals surface area contributed by atoms with Crippen LogP contribution in [0.4, 0.5) is 6.01 Å². The first-order valence-corrected chi connectivity index (χ1v) is 7.07. The zero-order chi connectivity index (χ0) is 16.1. The number of amides is 1. The number of pyridine rings is 1. The number of carbonyl (C=O) groups excluding carboxylic acids is 1. The summed E-state index contributed by atoms with van der Waals surface area (Å²) in [5.41, 5.74) is 1.46. The van der Waals surface area contributed by atoms with Crippen molar-refractivity contribution < 1.29 is 9.21 Å². The average Bonchev–Trinajstić information content (AvgIpc) is 3.03. The van der Waals surface area contributed by atoms with Crippen LogP contribution in [-0.4, -0.2) is 21.1 Å². The first-order valence-electron chi connectivity index (χ1n) is 6.70. The fraction of sp³-hybridized carbons (Fsp3) is 0. The van der Waals surface area contributed by atoms with E-state index in [2.05, 4.69) is 20.5 Å². The lowest BCUT2D eigenvalue weighted by Gasteiger charge is -1.97. The van der Waals surface area contributed by atoms with Crippen LogP contribution in [0.2, 0.25) is 5.02 Å². The molecule has 7 heteroatoms. The van der Waals surface area contributed by atoms with Crippen molar-refractivity contribution in [2.45, 2.75) is 0 Å². The van der Waals surface area contributed by atoms with Gasteiger partial charge in [0, 0.05) is 29.1 Å². The molecule has 0 aliphatic carbocycles. The number of nitrogens with one attached hydrogen (secondary N) is 1. The molecular weight excluding hydrogens is 316 g/mol. The maximum atomic E-state index is 11.9. The van der Waals surface area contributed by atoms with Gasteiger partial charge in [0.2, 0.25) is 5.89 Å². The highest BCUT2D eigenvalue weighted by Crippen LogP contribution is 2.19. The van der Waals surface area contributed by atoms with Gasteiger partial charge in [-0.05, 0) is 29.8 Å². The lowest BCUT2D eigenvalue weighted by Crippen LogP contribution is -2.07. The molecule has 3 rings (SSSR count). The number of carbonyl (C=O) groups is 1. The number of rotatable bonds is 4. The number of hydrogen-bond donors (Lipinski definition) is 1. The van der Waals surface area contributed by atoms with Gasteiger partial charge in [-0.15, -0.1) is 5.10 Å². The van der Waals surface area contributed by atoms with Crippen LogP contribution in [0.25, 0.3) is 17.5 Å². The lowest BCUT2D eigenvalue weighted by molar-refractivity contribution is -0.112. The highest BCUT2D eigenvalue weighted by molar-refractivity contribution is 6.32. The molecule has 0 aliphatic heterocycles. The molecule has 0 fully saturated rings. The monoisotopic (exact) mass is 326 g/mol. The van der Waals surface area contributed by atoms with Crippen molar-refractivity contribution in [3.05, 3.63) is 65.5 Å². The molecule has 3 aromatic rings. The van der Waals surface area contributed by atoms with Crippen LogP contribution in [0.1, 0.15) is 5.56 Å². The van der Waals surface area contributed by atoms with Gasteiger partial charge in [-0.25, -0.2) is 0 Å². The van der Waals surface area contributed by atoms with Crippen LogP contribution in [0.15, 0.2) is 59.3 Å². The number of nitrogens with zero attached hydrogens (tertiary/aromatic N) is 3. The maximum absolute atomic E-state index is 11.9. The van der Waals surface area contributed by atoms with Gasteiger partial charge < -0.3 is 4.42 Å². The molecular formula is C16H11ClN4O2. The Morgan fingerprint density at radius 1 is 1.13 bits per heavy atom. The van der Waals surface area contributed by atoms with Crippen molar-refractivity contribution in [3.8, 4) is 11.5 Å². The van der Waals surface area contributed by atoms with Gasteiger partial charge in [-0.1, -0.05) is 34.9 Å². The molecule has 1 amide bonds. The van der Waals surface area contributed by atoms with E-state index in [4.69, 9.17) is 16.0 Å². The Labute approximate surface area is 136 Å². The van der Waals surface area contributed by atoms with Gasteiger partial charge in [0.05, 0.1) is 0 Å². The standard InChI is InChI=1S/C16H11ClN4O2/c17-13-4-2-1-3-11(13)5-6-14(22)19-16-21-20-15(23-16)12-7-9-18-10-8-12/h1-10H,(H,19,21,22). The molecule has 0 radical (unpaired) electrons. The molecule has 0 saturated carbocycles. The van der Waals surface area contributed by atoms with Crippen LogP contribution in [0.5, 0.6) is 0 Å². The summed E-state index contributed by atoms with van der Waals surface area (Å²) in [6.45, 7) is 0. The molecule has 2 aromatic heterocycles. The molecule has 114 valence electrons. The lowest BCUT2D eigenvalue weighted by atomic mass is 10.2. The van der Waals surface area contributed by atoms with Crippen molar-refractivity contribution in [1.82, 2.24) is 15.2 Å². The summed E-state index contributed by atoms with van der Waals surface area (Å²) in [5.74, 6) is -0.0902. The van der Waals surface area contributed by atoms with Crippen LogP contribution < -0.4 is 5.32 Å². The normalized spacial score (nSPS) is 10.8. The molecule has 0 atom stereocenters. The molecule has 0 spiro atoms. The van der Waals surface area contributed by atoms with Gasteiger partial charge in [0.25, 0.3) is 5.91 Å². The number of benzene rings is 1. The van der Waals surface area contributed by atoms with Gasteiger partial charge >= 0.3 is 6.01 Å². The Morgan fingerprint density at radius 2 is 1.91 bits per heavy atom. The number of hydrogen-bond acceptors (Lipinski definition) is 5. The van der Waals surface area contributed by atoms with Crippen molar-refractivity contribution in [1.29, 1.82) is 0 Å². The van der Waals surface area contributed by atoms with Gasteiger partial charge in [-0.2, -0.15) is 0 Å². The van der Waals surface area contributed by atoms with E-state index in [9.17, 15) is 4.79 Å². The Kier molecular flexibility index (Phi) is 4.44. The zero-order valence-corrected chi connectivity index (χ0v) is 12.6. The Balaban J connectivity index is 1.67. The second-order valence-corrected chi connectivity index (χ2v) is 4.90. The Morgan fingerprint density at radius 3 is 2.70 bits per heavy atom. The molecule has 0 saturated heterocycles. The predicted molar refractivity (Wildman–Crippen MR) is 86.6 cm³/mol. The fourth-order valence-electron chi connectivity index (χ4n) is 1.81. The van der Waals surface area contributed by atoms with E-state index >= 15 is 0 Å². The van der Waals surface area contributed by atoms with Crippen LogP contribution in [0, 0.1) is 0 Å². The summed E-state index contributed by atoms with van der Waals surface area (Å²) < 4.78 is 5.37. The van der Waals surface area contributed by atoms with E-state index in [1.54, 1.807) is 42.7 Å². The largest absolute Gasteiger partial charge is 0.403 e. The van der Waals surface area contributed by atoms with E-state index < -0.39 is 5.91 Å². The van der Waals surface area contributed by atoms with Crippen molar-refractivity contribution >= 4 is 29.6 Å². The van der Waals surface area contributed by atoms with Gasteiger partial charge in [-0.3, -0.25) is 15.1 Å². The van der Waals surface area contributed by atoms with Crippen molar-refractivity contribution in [3.63, 3.8) is 0 Å². The van der Waals surface area contributed by atoms with Crippen LogP contribution >= 0.6 is 11.6 Å². The van der Waals surface area contributed by atoms with E-state index in [0.717, 1.165) is 11.1 Å². The maximum Gasteiger partial charge on any atom is 0.322 e. The van der Waals surface area contributed by atoms with E-state index in [1.165, 1.54) is 6.08 Å². The van der Waals surface area contributed by atoms with E-state index in [0.29, 0.717) is 10.9 Å². The van der Waals surface area contributed by atoms with Gasteiger partial charge in [0.1, 0.15) is 0 Å². The minimum atomic E-state index is -0.394. The third-order valence-electron chi connectivity index (χ3n) is 2.90. The fourth-order valence-corrected chi connectivity index (χ4v) is 2.01. The number of aromatic nitrogens is 3. The minimum Gasteiger partial charge on any atom is -0.403 e. The number of anilines is 1. The molecule has 0 unspecified atom stereocenters. The third-order valence-corrected chi connectivity index (χ3v) is 3.25. The molecule has 1 N–H and O–H groups in total. The highest BCUT2D eigenvalue weighted by atomic mass is 35.5. The Hall–Kier alpha value is -2.99. The van der Waals surface area contributed by atoms with Crippen molar-refractivity contribution in [2.24, 2.45) is 0 Å². The average molecular weight is 327 g/mol. The topological polar surface area (TPSA) is 80.9 Å². The second-order valence-electron chi connectivity index (χ2n) is 4.49. The highest BCUT2D eigenvalue weighted by Gasteiger charge is 2.09. The minimum absolute atomic E-state index is 0.0191. The van der Waals surface area contributed by atoms with E-state index in [-0.39, 0.29) is 6.01 Å². The third kappa shape index (κ3) is 3.81. The summed E-state index contributed by atoms with van der Waals surface area (Å²) in [6, 6.07) is 10.7. The summed E-state index contributed by atoms with van der Waals surface area (Å²) in [4.78, 5) is 15.8. The second kappa shape index (κ2) is 6.85. The van der Waals surface area contributed by atoms with Crippen LogP contribution in [-0.2, 0) is 4.79 Å². The number of halogens is 1. The smallest absolute Gasteiger partial charge is 0.322 e. The molecule has 0 aliphatic rings. The predicted octanol–water partition coefficient (Wildman–Crippen LogP) is 3.44. The quantitative estimate of drug-likeness (QED) is 0.743. The molecule has 1 aromatic carbocycles. The molecule has 6 nitrogen and oxygen atoms in total. The first-order chi connectivity index (χ1) is 11.2. The van der Waals surface area contributed by atoms with E-state index in [1.807, 2.05) is 12.1 Å². The summed E-state index contributed by atoms with van der Waals surface area (Å²) >= 11 is 6.01. The SMILES string of the molecule is O=C(C=Cc1ccccc1Cl)Nc1nnc(-c2ccncc2)o1. The molecule has 2 heterocycles. The summed E-state index contributed by atoms with van der Waals surface area (Å²) in [6.07, 6.45) is 6.18. The molecule has 0 bridgehead atoms.